The van der Waals surface area contributed by atoms with E-state index in [4.69, 9.17) is 4.74 Å². The minimum Gasteiger partial charge on any atom is -0.381 e. The van der Waals surface area contributed by atoms with Gasteiger partial charge in [0.1, 0.15) is 6.29 Å². The molecule has 2 rings (SSSR count). The lowest BCUT2D eigenvalue weighted by Gasteiger charge is -2.32. The summed E-state index contributed by atoms with van der Waals surface area (Å²) >= 11 is 0. The Bertz CT molecular complexity index is 243. The van der Waals surface area contributed by atoms with Crippen LogP contribution in [0.2, 0.25) is 0 Å². The second kappa shape index (κ2) is 8.70. The van der Waals surface area contributed by atoms with E-state index in [1.54, 1.807) is 0 Å². The van der Waals surface area contributed by atoms with Crippen molar-refractivity contribution in [3.8, 4) is 0 Å². The van der Waals surface area contributed by atoms with E-state index in [2.05, 4.69) is 4.90 Å². The van der Waals surface area contributed by atoms with Crippen LogP contribution in [0, 0.1) is 11.8 Å². The summed E-state index contributed by atoms with van der Waals surface area (Å²) in [5, 5.41) is 0. The van der Waals surface area contributed by atoms with Crippen LogP contribution in [0.5, 0.6) is 0 Å². The standard InChI is InChI=1S/C16H29NO2/c18-12-2-4-15-5-10-17(11-6-15)9-1-3-16-7-13-19-14-8-16/h12,15-16H,1-11,13-14H2. The van der Waals surface area contributed by atoms with Gasteiger partial charge in [0.15, 0.2) is 0 Å². The normalized spacial score (nSPS) is 23.6. The third kappa shape index (κ3) is 5.62. The van der Waals surface area contributed by atoms with Crippen LogP contribution in [0.4, 0.5) is 0 Å². The van der Waals surface area contributed by atoms with Gasteiger partial charge >= 0.3 is 0 Å². The molecule has 2 saturated heterocycles. The first-order chi connectivity index (χ1) is 9.38. The molecule has 0 atom stereocenters. The third-order valence-corrected chi connectivity index (χ3v) is 4.83. The zero-order valence-electron chi connectivity index (χ0n) is 12.2. The molecule has 0 saturated carbocycles. The lowest BCUT2D eigenvalue weighted by Crippen LogP contribution is -2.34. The van der Waals surface area contributed by atoms with Gasteiger partial charge in [0.25, 0.3) is 0 Å². The molecular weight excluding hydrogens is 238 g/mol. The number of likely N-dealkylation sites (tertiary alicyclic amines) is 1. The maximum atomic E-state index is 10.4. The monoisotopic (exact) mass is 267 g/mol. The number of hydrogen-bond acceptors (Lipinski definition) is 3. The average Bonchev–Trinajstić information content (AvgIpc) is 2.47. The molecule has 0 aliphatic carbocycles. The van der Waals surface area contributed by atoms with Crippen LogP contribution in [0.3, 0.4) is 0 Å². The summed E-state index contributed by atoms with van der Waals surface area (Å²) < 4.78 is 5.40. The van der Waals surface area contributed by atoms with E-state index < -0.39 is 0 Å². The van der Waals surface area contributed by atoms with E-state index in [1.165, 1.54) is 58.2 Å². The molecule has 19 heavy (non-hydrogen) atoms. The van der Waals surface area contributed by atoms with E-state index >= 15 is 0 Å². The molecule has 0 unspecified atom stereocenters. The predicted octanol–water partition coefficient (Wildman–Crippen LogP) is 2.88. The topological polar surface area (TPSA) is 29.5 Å². The molecule has 2 fully saturated rings. The molecule has 0 aromatic carbocycles. The van der Waals surface area contributed by atoms with Crippen molar-refractivity contribution in [3.63, 3.8) is 0 Å². The molecule has 0 aromatic rings. The minimum absolute atomic E-state index is 0.758. The number of ether oxygens (including phenoxy) is 1. The summed E-state index contributed by atoms with van der Waals surface area (Å²) in [4.78, 5) is 13.0. The van der Waals surface area contributed by atoms with Crippen LogP contribution in [0.1, 0.15) is 51.4 Å². The molecule has 0 N–H and O–H groups in total. The Morgan fingerprint density at radius 1 is 1.00 bits per heavy atom. The van der Waals surface area contributed by atoms with Gasteiger partial charge in [-0.15, -0.1) is 0 Å². The number of hydrogen-bond donors (Lipinski definition) is 0. The molecule has 2 aliphatic heterocycles. The SMILES string of the molecule is O=CCCC1CCN(CCCC2CCOCC2)CC1. The van der Waals surface area contributed by atoms with Gasteiger partial charge in [-0.2, -0.15) is 0 Å². The average molecular weight is 267 g/mol. The Morgan fingerprint density at radius 2 is 1.68 bits per heavy atom. The first-order valence-corrected chi connectivity index (χ1v) is 8.12. The van der Waals surface area contributed by atoms with Crippen LogP contribution < -0.4 is 0 Å². The molecular formula is C16H29NO2. The predicted molar refractivity (Wildman–Crippen MR) is 77.2 cm³/mol. The zero-order valence-corrected chi connectivity index (χ0v) is 12.2. The maximum absolute atomic E-state index is 10.4. The van der Waals surface area contributed by atoms with Crippen molar-refractivity contribution in [1.29, 1.82) is 0 Å². The smallest absolute Gasteiger partial charge is 0.120 e. The molecule has 0 amide bonds. The van der Waals surface area contributed by atoms with Crippen molar-refractivity contribution < 1.29 is 9.53 Å². The fraction of sp³-hybridized carbons (Fsp3) is 0.938. The van der Waals surface area contributed by atoms with Crippen LogP contribution >= 0.6 is 0 Å². The van der Waals surface area contributed by atoms with Gasteiger partial charge in [-0.1, -0.05) is 0 Å². The highest BCUT2D eigenvalue weighted by atomic mass is 16.5. The molecule has 3 nitrogen and oxygen atoms in total. The number of carbonyl (C=O) groups is 1. The summed E-state index contributed by atoms with van der Waals surface area (Å²) in [7, 11) is 0. The van der Waals surface area contributed by atoms with E-state index in [0.29, 0.717) is 0 Å². The van der Waals surface area contributed by atoms with Gasteiger partial charge in [0, 0.05) is 19.6 Å². The number of aldehydes is 1. The second-order valence-corrected chi connectivity index (χ2v) is 6.23. The lowest BCUT2D eigenvalue weighted by atomic mass is 9.91. The van der Waals surface area contributed by atoms with Crippen LogP contribution in [0.25, 0.3) is 0 Å². The lowest BCUT2D eigenvalue weighted by molar-refractivity contribution is -0.108. The maximum Gasteiger partial charge on any atom is 0.120 e. The van der Waals surface area contributed by atoms with Crippen molar-refractivity contribution in [2.45, 2.75) is 51.4 Å². The van der Waals surface area contributed by atoms with Gasteiger partial charge in [-0.25, -0.2) is 0 Å². The van der Waals surface area contributed by atoms with Crippen LogP contribution in [-0.4, -0.2) is 44.0 Å². The quantitative estimate of drug-likeness (QED) is 0.664. The van der Waals surface area contributed by atoms with Crippen LogP contribution in [0.15, 0.2) is 0 Å². The first-order valence-electron chi connectivity index (χ1n) is 8.12. The van der Waals surface area contributed by atoms with Crippen molar-refractivity contribution in [2.75, 3.05) is 32.8 Å². The Balaban J connectivity index is 1.51. The van der Waals surface area contributed by atoms with Crippen molar-refractivity contribution in [2.24, 2.45) is 11.8 Å². The van der Waals surface area contributed by atoms with Crippen molar-refractivity contribution in [3.05, 3.63) is 0 Å². The number of carbonyl (C=O) groups excluding carboxylic acids is 1. The highest BCUT2D eigenvalue weighted by Crippen LogP contribution is 2.23. The molecule has 2 aliphatic rings. The number of rotatable bonds is 7. The minimum atomic E-state index is 0.758. The van der Waals surface area contributed by atoms with E-state index in [1.807, 2.05) is 0 Å². The summed E-state index contributed by atoms with van der Waals surface area (Å²) in [6, 6.07) is 0. The molecule has 0 spiro atoms. The fourth-order valence-electron chi connectivity index (χ4n) is 3.44. The first kappa shape index (κ1) is 15.0. The number of nitrogens with zero attached hydrogens (tertiary/aromatic N) is 1. The molecule has 2 heterocycles. The van der Waals surface area contributed by atoms with Gasteiger partial charge in [0.2, 0.25) is 0 Å². The third-order valence-electron chi connectivity index (χ3n) is 4.83. The van der Waals surface area contributed by atoms with Gasteiger partial charge in [-0.05, 0) is 76.4 Å². The van der Waals surface area contributed by atoms with E-state index in [-0.39, 0.29) is 0 Å². The highest BCUT2D eigenvalue weighted by molar-refractivity contribution is 5.49. The molecule has 110 valence electrons. The molecule has 0 radical (unpaired) electrons. The Hall–Kier alpha value is -0.410. The van der Waals surface area contributed by atoms with Gasteiger partial charge < -0.3 is 14.4 Å². The zero-order chi connectivity index (χ0) is 13.3. The molecule has 3 heteroatoms. The van der Waals surface area contributed by atoms with Crippen molar-refractivity contribution in [1.82, 2.24) is 4.90 Å². The fourth-order valence-corrected chi connectivity index (χ4v) is 3.44. The van der Waals surface area contributed by atoms with E-state index in [9.17, 15) is 4.79 Å². The number of piperidine rings is 1. The second-order valence-electron chi connectivity index (χ2n) is 6.23. The van der Waals surface area contributed by atoms with Crippen molar-refractivity contribution >= 4 is 6.29 Å². The Kier molecular flexibility index (Phi) is 6.86. The summed E-state index contributed by atoms with van der Waals surface area (Å²) in [5.74, 6) is 1.72. The highest BCUT2D eigenvalue weighted by Gasteiger charge is 2.19. The van der Waals surface area contributed by atoms with E-state index in [0.717, 1.165) is 44.2 Å². The Labute approximate surface area is 117 Å². The molecule has 0 bridgehead atoms. The summed E-state index contributed by atoms with van der Waals surface area (Å²) in [6.07, 6.45) is 10.8. The largest absolute Gasteiger partial charge is 0.381 e. The van der Waals surface area contributed by atoms with Gasteiger partial charge in [-0.3, -0.25) is 0 Å². The van der Waals surface area contributed by atoms with Crippen LogP contribution in [-0.2, 0) is 9.53 Å². The summed E-state index contributed by atoms with van der Waals surface area (Å²) in [5.41, 5.74) is 0. The summed E-state index contributed by atoms with van der Waals surface area (Å²) in [6.45, 7) is 5.73. The molecule has 0 aromatic heterocycles. The van der Waals surface area contributed by atoms with Gasteiger partial charge in [0.05, 0.1) is 0 Å². The Morgan fingerprint density at radius 3 is 2.37 bits per heavy atom.